The Hall–Kier alpha value is -2.29. The molecule has 2 aromatic carbocycles. The van der Waals surface area contributed by atoms with Crippen molar-refractivity contribution in [3.05, 3.63) is 60.2 Å². The molecular formula is C18H19NO2. The van der Waals surface area contributed by atoms with Crippen LogP contribution in [0.25, 0.3) is 0 Å². The minimum Gasteiger partial charge on any atom is -0.457 e. The van der Waals surface area contributed by atoms with Crippen LogP contribution in [0.4, 0.5) is 0 Å². The molecule has 2 unspecified atom stereocenters. The first-order chi connectivity index (χ1) is 10.1. The van der Waals surface area contributed by atoms with Gasteiger partial charge in [0.15, 0.2) is 5.60 Å². The average molecular weight is 281 g/mol. The van der Waals surface area contributed by atoms with Gasteiger partial charge in [-0.15, -0.1) is 0 Å². The first-order valence-corrected chi connectivity index (χ1v) is 7.16. The van der Waals surface area contributed by atoms with Crippen LogP contribution in [0.2, 0.25) is 0 Å². The maximum atomic E-state index is 5.81. The van der Waals surface area contributed by atoms with Crippen molar-refractivity contribution in [1.29, 1.82) is 0 Å². The van der Waals surface area contributed by atoms with Gasteiger partial charge in [0, 0.05) is 5.92 Å². The third-order valence-corrected chi connectivity index (χ3v) is 4.24. The Morgan fingerprint density at radius 3 is 2.19 bits per heavy atom. The second-order valence-electron chi connectivity index (χ2n) is 5.59. The molecule has 0 saturated carbocycles. The van der Waals surface area contributed by atoms with E-state index in [-0.39, 0.29) is 5.92 Å². The van der Waals surface area contributed by atoms with Crippen LogP contribution in [0.1, 0.15) is 26.3 Å². The van der Waals surface area contributed by atoms with Crippen molar-refractivity contribution in [3.63, 3.8) is 0 Å². The summed E-state index contributed by atoms with van der Waals surface area (Å²) in [7, 11) is 0. The van der Waals surface area contributed by atoms with Crippen LogP contribution in [0.5, 0.6) is 11.5 Å². The van der Waals surface area contributed by atoms with Gasteiger partial charge in [-0.05, 0) is 43.7 Å². The van der Waals surface area contributed by atoms with Crippen LogP contribution >= 0.6 is 0 Å². The van der Waals surface area contributed by atoms with Crippen molar-refractivity contribution < 1.29 is 9.57 Å². The van der Waals surface area contributed by atoms with Gasteiger partial charge in [0.25, 0.3) is 0 Å². The molecule has 0 fully saturated rings. The predicted octanol–water partition coefficient (Wildman–Crippen LogP) is 4.74. The summed E-state index contributed by atoms with van der Waals surface area (Å²) in [6.07, 6.45) is 0. The van der Waals surface area contributed by atoms with E-state index in [0.29, 0.717) is 0 Å². The summed E-state index contributed by atoms with van der Waals surface area (Å²) in [4.78, 5) is 5.66. The van der Waals surface area contributed by atoms with Gasteiger partial charge >= 0.3 is 0 Å². The van der Waals surface area contributed by atoms with Gasteiger partial charge in [-0.3, -0.25) is 0 Å². The smallest absolute Gasteiger partial charge is 0.167 e. The highest BCUT2D eigenvalue weighted by Crippen LogP contribution is 2.39. The van der Waals surface area contributed by atoms with Gasteiger partial charge in [0.2, 0.25) is 0 Å². The third kappa shape index (κ3) is 2.51. The average Bonchev–Trinajstić information content (AvgIpc) is 2.78. The zero-order valence-electron chi connectivity index (χ0n) is 12.5. The molecule has 2 atom stereocenters. The van der Waals surface area contributed by atoms with Crippen LogP contribution in [0.3, 0.4) is 0 Å². The lowest BCUT2D eigenvalue weighted by Crippen LogP contribution is -2.30. The first-order valence-electron chi connectivity index (χ1n) is 7.16. The lowest BCUT2D eigenvalue weighted by Gasteiger charge is -2.27. The summed E-state index contributed by atoms with van der Waals surface area (Å²) in [6, 6.07) is 17.8. The molecule has 0 aromatic heterocycles. The summed E-state index contributed by atoms with van der Waals surface area (Å²) in [5, 5.41) is 4.12. The zero-order valence-corrected chi connectivity index (χ0v) is 12.5. The minimum atomic E-state index is -0.393. The molecule has 3 rings (SSSR count). The molecule has 0 radical (unpaired) electrons. The number of hydrogen-bond donors (Lipinski definition) is 0. The highest BCUT2D eigenvalue weighted by molar-refractivity contribution is 5.86. The minimum absolute atomic E-state index is 0.262. The Morgan fingerprint density at radius 1 is 1.00 bits per heavy atom. The van der Waals surface area contributed by atoms with Gasteiger partial charge in [-0.2, -0.15) is 0 Å². The number of ether oxygens (including phenoxy) is 1. The quantitative estimate of drug-likeness (QED) is 0.813. The summed E-state index contributed by atoms with van der Waals surface area (Å²) in [6.45, 7) is 6.22. The van der Waals surface area contributed by atoms with Gasteiger partial charge in [-0.25, -0.2) is 0 Å². The highest BCUT2D eigenvalue weighted by atomic mass is 16.7. The van der Waals surface area contributed by atoms with E-state index in [1.165, 1.54) is 0 Å². The number of rotatable bonds is 3. The van der Waals surface area contributed by atoms with Crippen molar-refractivity contribution in [1.82, 2.24) is 0 Å². The van der Waals surface area contributed by atoms with Crippen molar-refractivity contribution in [2.75, 3.05) is 0 Å². The molecule has 1 heterocycles. The number of nitrogens with zero attached hydrogens (tertiary/aromatic N) is 1. The van der Waals surface area contributed by atoms with E-state index in [4.69, 9.17) is 9.57 Å². The Labute approximate surface area is 125 Å². The Balaban J connectivity index is 1.79. The second kappa shape index (κ2) is 5.24. The second-order valence-corrected chi connectivity index (χ2v) is 5.59. The summed E-state index contributed by atoms with van der Waals surface area (Å²) in [5.74, 6) is 1.91. The topological polar surface area (TPSA) is 30.8 Å². The van der Waals surface area contributed by atoms with Crippen LogP contribution < -0.4 is 4.74 Å². The standard InChI is InChI=1S/C18H19NO2/c1-13-14(2)19-21-18(13,3)15-9-11-17(12-10-15)20-16-7-5-4-6-8-16/h4-13H,1-3H3. The number of hydrogen-bond acceptors (Lipinski definition) is 3. The van der Waals surface area contributed by atoms with Crippen LogP contribution in [-0.4, -0.2) is 5.71 Å². The Bertz CT molecular complexity index is 649. The fraction of sp³-hybridized carbons (Fsp3) is 0.278. The summed E-state index contributed by atoms with van der Waals surface area (Å²) >= 11 is 0. The van der Waals surface area contributed by atoms with E-state index in [0.717, 1.165) is 22.8 Å². The Kier molecular flexibility index (Phi) is 3.42. The fourth-order valence-corrected chi connectivity index (χ4v) is 2.50. The largest absolute Gasteiger partial charge is 0.457 e. The normalized spacial score (nSPS) is 24.3. The van der Waals surface area contributed by atoms with Gasteiger partial charge in [0.05, 0.1) is 5.71 Å². The lowest BCUT2D eigenvalue weighted by atomic mass is 9.82. The molecule has 0 saturated heterocycles. The predicted molar refractivity (Wildman–Crippen MR) is 83.7 cm³/mol. The molecular weight excluding hydrogens is 262 g/mol. The molecule has 1 aliphatic heterocycles. The number of oxime groups is 1. The Morgan fingerprint density at radius 2 is 1.62 bits per heavy atom. The van der Waals surface area contributed by atoms with Gasteiger partial charge in [0.1, 0.15) is 11.5 Å². The lowest BCUT2D eigenvalue weighted by molar-refractivity contribution is -0.0308. The zero-order chi connectivity index (χ0) is 14.9. The van der Waals surface area contributed by atoms with E-state index >= 15 is 0 Å². The van der Waals surface area contributed by atoms with E-state index in [1.54, 1.807) is 0 Å². The molecule has 108 valence electrons. The molecule has 0 amide bonds. The number of para-hydroxylation sites is 1. The van der Waals surface area contributed by atoms with E-state index in [1.807, 2.05) is 61.5 Å². The fourth-order valence-electron chi connectivity index (χ4n) is 2.50. The molecule has 3 heteroatoms. The summed E-state index contributed by atoms with van der Waals surface area (Å²) in [5.41, 5.74) is 1.74. The molecule has 0 bridgehead atoms. The van der Waals surface area contributed by atoms with Crippen LogP contribution in [0.15, 0.2) is 59.8 Å². The number of benzene rings is 2. The van der Waals surface area contributed by atoms with Crippen molar-refractivity contribution in [3.8, 4) is 11.5 Å². The monoisotopic (exact) mass is 281 g/mol. The summed E-state index contributed by atoms with van der Waals surface area (Å²) < 4.78 is 5.81. The maximum absolute atomic E-state index is 5.81. The van der Waals surface area contributed by atoms with Crippen molar-refractivity contribution >= 4 is 5.71 Å². The van der Waals surface area contributed by atoms with Crippen LogP contribution in [0, 0.1) is 5.92 Å². The third-order valence-electron chi connectivity index (χ3n) is 4.24. The highest BCUT2D eigenvalue weighted by Gasteiger charge is 2.41. The van der Waals surface area contributed by atoms with Gasteiger partial charge in [-0.1, -0.05) is 42.4 Å². The van der Waals surface area contributed by atoms with Crippen molar-refractivity contribution in [2.24, 2.45) is 11.1 Å². The molecule has 2 aromatic rings. The first kappa shape index (κ1) is 13.7. The molecule has 0 aliphatic carbocycles. The van der Waals surface area contributed by atoms with E-state index in [2.05, 4.69) is 19.0 Å². The molecule has 3 nitrogen and oxygen atoms in total. The molecule has 0 spiro atoms. The SMILES string of the molecule is CC1=NOC(C)(c2ccc(Oc3ccccc3)cc2)C1C. The van der Waals surface area contributed by atoms with E-state index < -0.39 is 5.60 Å². The van der Waals surface area contributed by atoms with E-state index in [9.17, 15) is 0 Å². The maximum Gasteiger partial charge on any atom is 0.167 e. The van der Waals surface area contributed by atoms with Crippen LogP contribution in [-0.2, 0) is 10.4 Å². The molecule has 21 heavy (non-hydrogen) atoms. The molecule has 0 N–H and O–H groups in total. The molecule has 1 aliphatic rings. The van der Waals surface area contributed by atoms with Gasteiger partial charge < -0.3 is 9.57 Å². The van der Waals surface area contributed by atoms with Crippen molar-refractivity contribution in [2.45, 2.75) is 26.4 Å².